The van der Waals surface area contributed by atoms with Gasteiger partial charge in [-0.15, -0.1) is 0 Å². The molecule has 17 heavy (non-hydrogen) atoms. The Bertz CT molecular complexity index is 397. The minimum absolute atomic E-state index is 0.0831. The van der Waals surface area contributed by atoms with E-state index in [1.54, 1.807) is 7.11 Å². The first-order chi connectivity index (χ1) is 8.11. The number of methoxy groups -OCH3 is 1. The summed E-state index contributed by atoms with van der Waals surface area (Å²) in [5.74, 6) is 0.827. The van der Waals surface area contributed by atoms with Gasteiger partial charge in [-0.3, -0.25) is 0 Å². The van der Waals surface area contributed by atoms with Gasteiger partial charge in [0.05, 0.1) is 25.4 Å². The third kappa shape index (κ3) is 2.81. The molecular formula is C13H18BrNO2. The lowest BCUT2D eigenvalue weighted by Crippen LogP contribution is -2.26. The van der Waals surface area contributed by atoms with Crippen molar-refractivity contribution in [1.82, 2.24) is 0 Å². The number of nitrogens with two attached hydrogens (primary N) is 1. The molecule has 1 aliphatic rings. The molecule has 0 radical (unpaired) electrons. The lowest BCUT2D eigenvalue weighted by Gasteiger charge is -2.21. The molecule has 0 bridgehead atoms. The molecule has 2 N–H and O–H groups in total. The Kier molecular flexibility index (Phi) is 4.07. The highest BCUT2D eigenvalue weighted by Crippen LogP contribution is 2.33. The molecular weight excluding hydrogens is 282 g/mol. The highest BCUT2D eigenvalue weighted by Gasteiger charge is 2.29. The van der Waals surface area contributed by atoms with Gasteiger partial charge < -0.3 is 15.2 Å². The summed E-state index contributed by atoms with van der Waals surface area (Å²) in [6.45, 7) is 2.09. The predicted molar refractivity (Wildman–Crippen MR) is 71.2 cm³/mol. The highest BCUT2D eigenvalue weighted by molar-refractivity contribution is 9.10. The first-order valence-electron chi connectivity index (χ1n) is 5.86. The molecule has 94 valence electrons. The van der Waals surface area contributed by atoms with Gasteiger partial charge >= 0.3 is 0 Å². The van der Waals surface area contributed by atoms with Crippen molar-refractivity contribution in [2.24, 2.45) is 5.73 Å². The molecule has 1 aliphatic heterocycles. The van der Waals surface area contributed by atoms with Crippen molar-refractivity contribution in [2.45, 2.75) is 38.0 Å². The molecule has 0 aromatic heterocycles. The van der Waals surface area contributed by atoms with E-state index >= 15 is 0 Å². The molecule has 3 unspecified atom stereocenters. The van der Waals surface area contributed by atoms with Crippen LogP contribution in [0, 0.1) is 0 Å². The molecule has 0 spiro atoms. The fraction of sp³-hybridized carbons (Fsp3) is 0.538. The van der Waals surface area contributed by atoms with Crippen LogP contribution in [-0.4, -0.2) is 19.3 Å². The number of benzene rings is 1. The van der Waals surface area contributed by atoms with Gasteiger partial charge in [0.15, 0.2) is 0 Å². The van der Waals surface area contributed by atoms with Crippen molar-refractivity contribution in [3.63, 3.8) is 0 Å². The monoisotopic (exact) mass is 299 g/mol. The van der Waals surface area contributed by atoms with E-state index in [4.69, 9.17) is 15.2 Å². The summed E-state index contributed by atoms with van der Waals surface area (Å²) in [6, 6.07) is 5.78. The van der Waals surface area contributed by atoms with E-state index in [0.717, 1.165) is 28.6 Å². The maximum absolute atomic E-state index is 6.26. The fourth-order valence-corrected chi connectivity index (χ4v) is 2.83. The van der Waals surface area contributed by atoms with Crippen LogP contribution in [0.5, 0.6) is 5.75 Å². The van der Waals surface area contributed by atoms with E-state index in [1.165, 1.54) is 0 Å². The van der Waals surface area contributed by atoms with E-state index in [-0.39, 0.29) is 12.1 Å². The molecule has 1 heterocycles. The summed E-state index contributed by atoms with van der Waals surface area (Å²) in [7, 11) is 1.66. The highest BCUT2D eigenvalue weighted by atomic mass is 79.9. The van der Waals surface area contributed by atoms with E-state index in [2.05, 4.69) is 22.9 Å². The van der Waals surface area contributed by atoms with Crippen molar-refractivity contribution < 1.29 is 9.47 Å². The van der Waals surface area contributed by atoms with Gasteiger partial charge in [0.25, 0.3) is 0 Å². The summed E-state index contributed by atoms with van der Waals surface area (Å²) in [5.41, 5.74) is 7.33. The third-order valence-corrected chi connectivity index (χ3v) is 3.92. The van der Waals surface area contributed by atoms with E-state index < -0.39 is 0 Å². The zero-order chi connectivity index (χ0) is 12.4. The lowest BCUT2D eigenvalue weighted by atomic mass is 10.00. The molecule has 3 atom stereocenters. The number of ether oxygens (including phenoxy) is 2. The Morgan fingerprint density at radius 1 is 1.47 bits per heavy atom. The van der Waals surface area contributed by atoms with Crippen LogP contribution in [-0.2, 0) is 4.74 Å². The fourth-order valence-electron chi connectivity index (χ4n) is 2.20. The largest absolute Gasteiger partial charge is 0.497 e. The van der Waals surface area contributed by atoms with Gasteiger partial charge in [0, 0.05) is 4.47 Å². The first kappa shape index (κ1) is 12.9. The second kappa shape index (κ2) is 5.38. The average Bonchev–Trinajstić information content (AvgIpc) is 2.75. The average molecular weight is 300 g/mol. The van der Waals surface area contributed by atoms with Gasteiger partial charge in [-0.25, -0.2) is 0 Å². The second-order valence-corrected chi connectivity index (χ2v) is 5.33. The summed E-state index contributed by atoms with van der Waals surface area (Å²) in [6.07, 6.45) is 2.56. The molecule has 2 rings (SSSR count). The van der Waals surface area contributed by atoms with Crippen molar-refractivity contribution >= 4 is 15.9 Å². The van der Waals surface area contributed by atoms with Crippen molar-refractivity contribution in [3.05, 3.63) is 28.2 Å². The number of hydrogen-bond donors (Lipinski definition) is 1. The zero-order valence-electron chi connectivity index (χ0n) is 10.2. The van der Waals surface area contributed by atoms with Crippen molar-refractivity contribution in [1.29, 1.82) is 0 Å². The molecule has 1 aromatic rings. The minimum atomic E-state index is -0.0831. The van der Waals surface area contributed by atoms with Crippen LogP contribution >= 0.6 is 15.9 Å². The van der Waals surface area contributed by atoms with E-state index in [0.29, 0.717) is 6.10 Å². The standard InChI is InChI=1S/C13H18BrNO2/c1-8-3-6-12(17-8)13(15)10-5-4-9(16-2)7-11(10)14/h4-5,7-8,12-13H,3,6,15H2,1-2H3. The number of halogens is 1. The van der Waals surface area contributed by atoms with E-state index in [9.17, 15) is 0 Å². The molecule has 0 aliphatic carbocycles. The molecule has 4 heteroatoms. The molecule has 0 saturated carbocycles. The van der Waals surface area contributed by atoms with Gasteiger partial charge in [-0.2, -0.15) is 0 Å². The zero-order valence-corrected chi connectivity index (χ0v) is 11.7. The Morgan fingerprint density at radius 2 is 2.24 bits per heavy atom. The lowest BCUT2D eigenvalue weighted by molar-refractivity contribution is 0.0400. The second-order valence-electron chi connectivity index (χ2n) is 4.48. The Hall–Kier alpha value is -0.580. The van der Waals surface area contributed by atoms with Crippen LogP contribution in [0.3, 0.4) is 0 Å². The smallest absolute Gasteiger partial charge is 0.120 e. The van der Waals surface area contributed by atoms with Crippen LogP contribution in [0.4, 0.5) is 0 Å². The molecule has 1 saturated heterocycles. The van der Waals surface area contributed by atoms with Gasteiger partial charge in [-0.05, 0) is 37.5 Å². The van der Waals surface area contributed by atoms with Crippen LogP contribution in [0.2, 0.25) is 0 Å². The maximum atomic E-state index is 6.26. The summed E-state index contributed by atoms with van der Waals surface area (Å²) in [5, 5.41) is 0. The van der Waals surface area contributed by atoms with Gasteiger partial charge in [-0.1, -0.05) is 22.0 Å². The topological polar surface area (TPSA) is 44.5 Å². The first-order valence-corrected chi connectivity index (χ1v) is 6.65. The van der Waals surface area contributed by atoms with Crippen molar-refractivity contribution in [3.8, 4) is 5.75 Å². The maximum Gasteiger partial charge on any atom is 0.120 e. The quantitative estimate of drug-likeness (QED) is 0.933. The van der Waals surface area contributed by atoms with Gasteiger partial charge in [0.2, 0.25) is 0 Å². The van der Waals surface area contributed by atoms with Crippen molar-refractivity contribution in [2.75, 3.05) is 7.11 Å². The van der Waals surface area contributed by atoms with Crippen LogP contribution < -0.4 is 10.5 Å². The van der Waals surface area contributed by atoms with Gasteiger partial charge in [0.1, 0.15) is 5.75 Å². The van der Waals surface area contributed by atoms with Crippen LogP contribution in [0.15, 0.2) is 22.7 Å². The summed E-state index contributed by atoms with van der Waals surface area (Å²) < 4.78 is 12.0. The number of rotatable bonds is 3. The Balaban J connectivity index is 2.16. The minimum Gasteiger partial charge on any atom is -0.497 e. The third-order valence-electron chi connectivity index (χ3n) is 3.23. The summed E-state index contributed by atoms with van der Waals surface area (Å²) in [4.78, 5) is 0. The molecule has 0 amide bonds. The SMILES string of the molecule is COc1ccc(C(N)C2CCC(C)O2)c(Br)c1. The molecule has 1 aromatic carbocycles. The predicted octanol–water partition coefficient (Wildman–Crippen LogP) is 3.03. The molecule has 1 fully saturated rings. The Labute approximate surface area is 110 Å². The van der Waals surface area contributed by atoms with Crippen LogP contribution in [0.1, 0.15) is 31.4 Å². The van der Waals surface area contributed by atoms with Crippen LogP contribution in [0.25, 0.3) is 0 Å². The molecule has 3 nitrogen and oxygen atoms in total. The summed E-state index contributed by atoms with van der Waals surface area (Å²) >= 11 is 3.54. The Morgan fingerprint density at radius 3 is 2.76 bits per heavy atom. The van der Waals surface area contributed by atoms with E-state index in [1.807, 2.05) is 18.2 Å². The number of hydrogen-bond acceptors (Lipinski definition) is 3. The normalized spacial score (nSPS) is 25.9.